The first kappa shape index (κ1) is 10.9. The fourth-order valence-electron chi connectivity index (χ4n) is 1.89. The monoisotopic (exact) mass is 211 g/mol. The molecule has 0 aliphatic heterocycles. The van der Waals surface area contributed by atoms with Gasteiger partial charge in [-0.1, -0.05) is 54.1 Å². The first-order valence-electron chi connectivity index (χ1n) is 5.46. The van der Waals surface area contributed by atoms with Crippen molar-refractivity contribution in [3.05, 3.63) is 70.8 Å². The molecule has 0 spiro atoms. The van der Waals surface area contributed by atoms with Gasteiger partial charge < -0.3 is 0 Å². The quantitative estimate of drug-likeness (QED) is 0.719. The molecule has 0 aliphatic rings. The molecule has 2 aromatic carbocycles. The van der Waals surface area contributed by atoms with Crippen molar-refractivity contribution in [2.45, 2.75) is 20.0 Å². The van der Waals surface area contributed by atoms with Gasteiger partial charge in [0.15, 0.2) is 0 Å². The van der Waals surface area contributed by atoms with Crippen LogP contribution in [0.1, 0.15) is 28.4 Å². The molecule has 1 nitrogen and oxygen atoms in total. The highest BCUT2D eigenvalue weighted by Crippen LogP contribution is 2.25. The molecular weight excluding hydrogens is 196 g/mol. The molecule has 0 N–H and O–H groups in total. The topological polar surface area (TPSA) is 19.9 Å². The minimum absolute atomic E-state index is 0.777. The van der Waals surface area contributed by atoms with Crippen molar-refractivity contribution in [2.24, 2.45) is 0 Å². The van der Waals surface area contributed by atoms with Gasteiger partial charge in [0.25, 0.3) is 0 Å². The number of hydrogen-bond acceptors (Lipinski definition) is 0. The third kappa shape index (κ3) is 2.15. The fourth-order valence-corrected chi connectivity index (χ4v) is 1.89. The molecule has 1 atom stereocenters. The van der Waals surface area contributed by atoms with Crippen molar-refractivity contribution in [3.8, 4) is 0 Å². The van der Waals surface area contributed by atoms with E-state index in [1.165, 1.54) is 0 Å². The maximum Gasteiger partial charge on any atom is 0.143 e. The van der Waals surface area contributed by atoms with E-state index >= 15 is 0 Å². The van der Waals surface area contributed by atoms with Gasteiger partial charge in [-0.25, -0.2) is 5.11 Å². The second-order valence-corrected chi connectivity index (χ2v) is 4.15. The van der Waals surface area contributed by atoms with Crippen LogP contribution in [0, 0.1) is 13.8 Å². The van der Waals surface area contributed by atoms with E-state index in [0.29, 0.717) is 0 Å². The lowest BCUT2D eigenvalue weighted by molar-refractivity contribution is 0.124. The van der Waals surface area contributed by atoms with Crippen molar-refractivity contribution >= 4 is 0 Å². The molecule has 0 saturated carbocycles. The number of hydrogen-bond donors (Lipinski definition) is 0. The summed E-state index contributed by atoms with van der Waals surface area (Å²) in [5, 5.41) is 12.3. The van der Waals surface area contributed by atoms with E-state index in [1.54, 1.807) is 0 Å². The van der Waals surface area contributed by atoms with Crippen LogP contribution in [0.3, 0.4) is 0 Å². The number of rotatable bonds is 2. The van der Waals surface area contributed by atoms with Crippen LogP contribution in [0.15, 0.2) is 48.5 Å². The van der Waals surface area contributed by atoms with Crippen molar-refractivity contribution in [1.82, 2.24) is 0 Å². The van der Waals surface area contributed by atoms with E-state index in [2.05, 4.69) is 0 Å². The highest BCUT2D eigenvalue weighted by molar-refractivity contribution is 5.36. The maximum atomic E-state index is 12.3. The Kier molecular flexibility index (Phi) is 3.07. The lowest BCUT2D eigenvalue weighted by atomic mass is 9.97. The van der Waals surface area contributed by atoms with Crippen LogP contribution < -0.4 is 0 Å². The van der Waals surface area contributed by atoms with Crippen LogP contribution in [0.25, 0.3) is 0 Å². The Balaban J connectivity index is 2.39. The minimum Gasteiger partial charge on any atom is -0.223 e. The molecule has 2 rings (SSSR count). The van der Waals surface area contributed by atoms with Gasteiger partial charge in [0.05, 0.1) is 0 Å². The second-order valence-electron chi connectivity index (χ2n) is 4.15. The second kappa shape index (κ2) is 4.50. The van der Waals surface area contributed by atoms with Gasteiger partial charge in [-0.05, 0) is 30.5 Å². The predicted octanol–water partition coefficient (Wildman–Crippen LogP) is 3.82. The summed E-state index contributed by atoms with van der Waals surface area (Å²) < 4.78 is 0. The Morgan fingerprint density at radius 1 is 0.938 bits per heavy atom. The van der Waals surface area contributed by atoms with E-state index in [4.69, 9.17) is 0 Å². The summed E-state index contributed by atoms with van der Waals surface area (Å²) in [6.07, 6.45) is -0.777. The maximum absolute atomic E-state index is 12.3. The predicted molar refractivity (Wildman–Crippen MR) is 64.9 cm³/mol. The summed E-state index contributed by atoms with van der Waals surface area (Å²) in [6, 6.07) is 15.6. The largest absolute Gasteiger partial charge is 0.223 e. The molecule has 16 heavy (non-hydrogen) atoms. The standard InChI is InChI=1S/C15H15O/c1-11-6-5-8-13(10-11)15(16)14-9-4-3-7-12(14)2/h3-10,15H,1-2H3. The van der Waals surface area contributed by atoms with Crippen LogP contribution in [0.5, 0.6) is 0 Å². The molecule has 0 aliphatic carbocycles. The summed E-state index contributed by atoms with van der Waals surface area (Å²) in [5.74, 6) is 0. The minimum atomic E-state index is -0.777. The molecule has 0 fully saturated rings. The van der Waals surface area contributed by atoms with Gasteiger partial charge in [0.2, 0.25) is 0 Å². The summed E-state index contributed by atoms with van der Waals surface area (Å²) >= 11 is 0. The van der Waals surface area contributed by atoms with Crippen LogP contribution in [-0.4, -0.2) is 0 Å². The Hall–Kier alpha value is -1.60. The molecule has 1 radical (unpaired) electrons. The summed E-state index contributed by atoms with van der Waals surface area (Å²) in [4.78, 5) is 0. The highest BCUT2D eigenvalue weighted by Gasteiger charge is 2.13. The van der Waals surface area contributed by atoms with E-state index < -0.39 is 6.10 Å². The van der Waals surface area contributed by atoms with Crippen molar-refractivity contribution in [3.63, 3.8) is 0 Å². The van der Waals surface area contributed by atoms with Crippen LogP contribution in [-0.2, 0) is 5.11 Å². The van der Waals surface area contributed by atoms with Crippen LogP contribution in [0.2, 0.25) is 0 Å². The summed E-state index contributed by atoms with van der Waals surface area (Å²) in [7, 11) is 0. The highest BCUT2D eigenvalue weighted by atomic mass is 16.3. The average molecular weight is 211 g/mol. The number of aryl methyl sites for hydroxylation is 2. The zero-order valence-electron chi connectivity index (χ0n) is 9.60. The van der Waals surface area contributed by atoms with E-state index in [9.17, 15) is 5.11 Å². The zero-order chi connectivity index (χ0) is 11.5. The normalized spacial score (nSPS) is 12.4. The smallest absolute Gasteiger partial charge is 0.143 e. The number of benzene rings is 2. The van der Waals surface area contributed by atoms with Gasteiger partial charge >= 0.3 is 0 Å². The lowest BCUT2D eigenvalue weighted by Crippen LogP contribution is -2.00. The Morgan fingerprint density at radius 2 is 1.69 bits per heavy atom. The Labute approximate surface area is 96.4 Å². The van der Waals surface area contributed by atoms with Gasteiger partial charge in [0.1, 0.15) is 6.10 Å². The van der Waals surface area contributed by atoms with Gasteiger partial charge in [-0.3, -0.25) is 0 Å². The lowest BCUT2D eigenvalue weighted by Gasteiger charge is -2.12. The van der Waals surface area contributed by atoms with Crippen LogP contribution in [0.4, 0.5) is 0 Å². The van der Waals surface area contributed by atoms with E-state index in [0.717, 1.165) is 22.3 Å². The van der Waals surface area contributed by atoms with Crippen molar-refractivity contribution in [1.29, 1.82) is 0 Å². The Morgan fingerprint density at radius 3 is 2.38 bits per heavy atom. The van der Waals surface area contributed by atoms with Crippen molar-refractivity contribution in [2.75, 3.05) is 0 Å². The summed E-state index contributed by atoms with van der Waals surface area (Å²) in [6.45, 7) is 3.99. The molecular formula is C15H15O. The van der Waals surface area contributed by atoms with Crippen molar-refractivity contribution < 1.29 is 5.11 Å². The first-order valence-corrected chi connectivity index (χ1v) is 5.46. The van der Waals surface area contributed by atoms with E-state index in [1.807, 2.05) is 62.4 Å². The van der Waals surface area contributed by atoms with E-state index in [-0.39, 0.29) is 0 Å². The van der Waals surface area contributed by atoms with Crippen LogP contribution >= 0.6 is 0 Å². The third-order valence-corrected chi connectivity index (χ3v) is 2.82. The SMILES string of the molecule is Cc1cccc(C([O])c2ccccc2C)c1. The Bertz CT molecular complexity index is 488. The third-order valence-electron chi connectivity index (χ3n) is 2.82. The first-order chi connectivity index (χ1) is 7.68. The fraction of sp³-hybridized carbons (Fsp3) is 0.200. The molecule has 81 valence electrons. The zero-order valence-corrected chi connectivity index (χ0v) is 9.60. The molecule has 0 bridgehead atoms. The average Bonchev–Trinajstić information content (AvgIpc) is 2.29. The van der Waals surface area contributed by atoms with Gasteiger partial charge in [-0.2, -0.15) is 0 Å². The molecule has 0 amide bonds. The van der Waals surface area contributed by atoms with Gasteiger partial charge in [-0.15, -0.1) is 0 Å². The molecule has 0 saturated heterocycles. The summed E-state index contributed by atoms with van der Waals surface area (Å²) in [5.41, 5.74) is 3.90. The molecule has 0 heterocycles. The molecule has 2 aromatic rings. The molecule has 1 unspecified atom stereocenters. The van der Waals surface area contributed by atoms with Gasteiger partial charge in [0, 0.05) is 0 Å². The molecule has 0 aromatic heterocycles. The molecule has 1 heteroatoms.